The van der Waals surface area contributed by atoms with Crippen molar-refractivity contribution in [3.63, 3.8) is 0 Å². The standard InChI is InChI=1S/C16H15ClN4OS2/c1-4-21-14(22)13(9(2)11-5-7-12(17)8-6-11)24-16(21)18-15-20-19-10(3)23-15/h5-8H,4H2,1-3H3/b13-9-,18-16+. The maximum Gasteiger partial charge on any atom is 0.267 e. The van der Waals surface area contributed by atoms with Crippen molar-refractivity contribution in [2.24, 2.45) is 4.99 Å². The van der Waals surface area contributed by atoms with Crippen LogP contribution in [0.15, 0.2) is 34.2 Å². The van der Waals surface area contributed by atoms with E-state index in [1.54, 1.807) is 4.90 Å². The molecule has 0 bridgehead atoms. The summed E-state index contributed by atoms with van der Waals surface area (Å²) in [6, 6.07) is 7.47. The van der Waals surface area contributed by atoms with Gasteiger partial charge in [-0.3, -0.25) is 9.69 Å². The predicted molar refractivity (Wildman–Crippen MR) is 101 cm³/mol. The van der Waals surface area contributed by atoms with Crippen LogP contribution in [0.3, 0.4) is 0 Å². The van der Waals surface area contributed by atoms with Crippen molar-refractivity contribution in [1.29, 1.82) is 0 Å². The van der Waals surface area contributed by atoms with Crippen LogP contribution in [0.5, 0.6) is 0 Å². The molecular weight excluding hydrogens is 364 g/mol. The number of carbonyl (C=O) groups excluding carboxylic acids is 1. The number of amidine groups is 1. The van der Waals surface area contributed by atoms with E-state index in [1.807, 2.05) is 45.0 Å². The Morgan fingerprint density at radius 1 is 1.29 bits per heavy atom. The van der Waals surface area contributed by atoms with Gasteiger partial charge in [-0.15, -0.1) is 10.2 Å². The highest BCUT2D eigenvalue weighted by Crippen LogP contribution is 2.38. The van der Waals surface area contributed by atoms with Crippen molar-refractivity contribution in [2.75, 3.05) is 6.54 Å². The third-order valence-electron chi connectivity index (χ3n) is 3.50. The molecule has 2 heterocycles. The van der Waals surface area contributed by atoms with Crippen LogP contribution in [-0.2, 0) is 4.79 Å². The molecule has 1 saturated heterocycles. The second-order valence-electron chi connectivity index (χ2n) is 5.11. The van der Waals surface area contributed by atoms with E-state index in [1.165, 1.54) is 23.1 Å². The highest BCUT2D eigenvalue weighted by Gasteiger charge is 2.34. The molecule has 5 nitrogen and oxygen atoms in total. The largest absolute Gasteiger partial charge is 0.287 e. The number of aliphatic imine (C=N–C) groups is 1. The molecule has 1 aromatic carbocycles. The van der Waals surface area contributed by atoms with Crippen LogP contribution in [0.1, 0.15) is 24.4 Å². The summed E-state index contributed by atoms with van der Waals surface area (Å²) >= 11 is 8.72. The maximum absolute atomic E-state index is 12.7. The van der Waals surface area contributed by atoms with E-state index in [-0.39, 0.29) is 5.91 Å². The number of halogens is 1. The van der Waals surface area contributed by atoms with E-state index < -0.39 is 0 Å². The fourth-order valence-electron chi connectivity index (χ4n) is 2.24. The molecule has 1 aromatic heterocycles. The lowest BCUT2D eigenvalue weighted by atomic mass is 10.1. The van der Waals surface area contributed by atoms with E-state index >= 15 is 0 Å². The summed E-state index contributed by atoms with van der Waals surface area (Å²) in [4.78, 5) is 19.6. The first-order chi connectivity index (χ1) is 11.5. The van der Waals surface area contributed by atoms with Gasteiger partial charge in [0.1, 0.15) is 5.01 Å². The number of hydrogen-bond donors (Lipinski definition) is 0. The van der Waals surface area contributed by atoms with Crippen molar-refractivity contribution in [3.8, 4) is 0 Å². The van der Waals surface area contributed by atoms with Gasteiger partial charge in [-0.2, -0.15) is 4.99 Å². The smallest absolute Gasteiger partial charge is 0.267 e. The third-order valence-corrected chi connectivity index (χ3v) is 5.67. The van der Waals surface area contributed by atoms with Gasteiger partial charge in [-0.1, -0.05) is 35.1 Å². The normalized spacial score (nSPS) is 18.6. The molecule has 0 aliphatic carbocycles. The molecule has 2 aromatic rings. The van der Waals surface area contributed by atoms with E-state index in [0.717, 1.165) is 16.1 Å². The Morgan fingerprint density at radius 2 is 2.00 bits per heavy atom. The molecule has 1 aliphatic rings. The Hall–Kier alpha value is -1.70. The molecule has 1 amide bonds. The molecule has 0 atom stereocenters. The molecule has 0 N–H and O–H groups in total. The van der Waals surface area contributed by atoms with Gasteiger partial charge in [-0.05, 0) is 55.8 Å². The number of aromatic nitrogens is 2. The van der Waals surface area contributed by atoms with Gasteiger partial charge < -0.3 is 0 Å². The van der Waals surface area contributed by atoms with Crippen LogP contribution in [-0.4, -0.2) is 32.7 Å². The summed E-state index contributed by atoms with van der Waals surface area (Å²) < 4.78 is 0. The number of aryl methyl sites for hydroxylation is 1. The van der Waals surface area contributed by atoms with Crippen LogP contribution in [0, 0.1) is 6.92 Å². The Kier molecular flexibility index (Phi) is 5.03. The van der Waals surface area contributed by atoms with Gasteiger partial charge in [0.15, 0.2) is 5.17 Å². The minimum absolute atomic E-state index is 0.0325. The SMILES string of the molecule is CCN1C(=O)/C(=C(\C)c2ccc(Cl)cc2)S/C1=N/c1nnc(C)s1. The number of carbonyl (C=O) groups is 1. The second kappa shape index (κ2) is 7.04. The topological polar surface area (TPSA) is 58.5 Å². The Balaban J connectivity index is 1.98. The van der Waals surface area contributed by atoms with Crippen LogP contribution in [0.2, 0.25) is 5.02 Å². The maximum atomic E-state index is 12.7. The molecule has 24 heavy (non-hydrogen) atoms. The van der Waals surface area contributed by atoms with Crippen LogP contribution in [0.25, 0.3) is 5.57 Å². The molecule has 8 heteroatoms. The van der Waals surface area contributed by atoms with Crippen LogP contribution >= 0.6 is 34.7 Å². The molecule has 0 unspecified atom stereocenters. The highest BCUT2D eigenvalue weighted by atomic mass is 35.5. The predicted octanol–water partition coefficient (Wildman–Crippen LogP) is 4.51. The van der Waals surface area contributed by atoms with Crippen molar-refractivity contribution in [3.05, 3.63) is 44.8 Å². The molecule has 0 radical (unpaired) electrons. The number of thioether (sulfide) groups is 1. The fraction of sp³-hybridized carbons (Fsp3) is 0.250. The van der Waals surface area contributed by atoms with Crippen LogP contribution in [0.4, 0.5) is 5.13 Å². The quantitative estimate of drug-likeness (QED) is 0.737. The average molecular weight is 379 g/mol. The number of amides is 1. The van der Waals surface area contributed by atoms with Crippen molar-refractivity contribution < 1.29 is 4.79 Å². The van der Waals surface area contributed by atoms with Gasteiger partial charge in [0.05, 0.1) is 4.91 Å². The molecule has 124 valence electrons. The van der Waals surface area contributed by atoms with Crippen molar-refractivity contribution in [2.45, 2.75) is 20.8 Å². The summed E-state index contributed by atoms with van der Waals surface area (Å²) in [6.07, 6.45) is 0. The Bertz CT molecular complexity index is 842. The molecule has 3 rings (SSSR count). The van der Waals surface area contributed by atoms with E-state index in [9.17, 15) is 4.79 Å². The first-order valence-electron chi connectivity index (χ1n) is 7.35. The van der Waals surface area contributed by atoms with Crippen molar-refractivity contribution >= 4 is 56.5 Å². The van der Waals surface area contributed by atoms with Gasteiger partial charge in [0.25, 0.3) is 5.91 Å². The number of benzene rings is 1. The molecule has 1 fully saturated rings. The minimum atomic E-state index is -0.0325. The minimum Gasteiger partial charge on any atom is -0.287 e. The number of rotatable bonds is 3. The van der Waals surface area contributed by atoms with Gasteiger partial charge in [0, 0.05) is 11.6 Å². The lowest BCUT2D eigenvalue weighted by Crippen LogP contribution is -2.28. The molecular formula is C16H15ClN4OS2. The summed E-state index contributed by atoms with van der Waals surface area (Å²) in [7, 11) is 0. The third kappa shape index (κ3) is 3.38. The zero-order valence-corrected chi connectivity index (χ0v) is 15.8. The lowest BCUT2D eigenvalue weighted by molar-refractivity contribution is -0.122. The van der Waals surface area contributed by atoms with Crippen molar-refractivity contribution in [1.82, 2.24) is 15.1 Å². The molecule has 0 spiro atoms. The summed E-state index contributed by atoms with van der Waals surface area (Å²) in [5.74, 6) is -0.0325. The monoisotopic (exact) mass is 378 g/mol. The first kappa shape index (κ1) is 17.1. The van der Waals surface area contributed by atoms with E-state index in [4.69, 9.17) is 11.6 Å². The zero-order valence-electron chi connectivity index (χ0n) is 13.4. The summed E-state index contributed by atoms with van der Waals surface area (Å²) in [5, 5.41) is 10.7. The lowest BCUT2D eigenvalue weighted by Gasteiger charge is -2.11. The Morgan fingerprint density at radius 3 is 2.58 bits per heavy atom. The fourth-order valence-corrected chi connectivity index (χ4v) is 4.09. The number of hydrogen-bond acceptors (Lipinski definition) is 6. The summed E-state index contributed by atoms with van der Waals surface area (Å²) in [5.41, 5.74) is 1.89. The van der Waals surface area contributed by atoms with Crippen LogP contribution < -0.4 is 0 Å². The molecule has 1 aliphatic heterocycles. The molecule has 0 saturated carbocycles. The number of likely N-dealkylation sites (N-methyl/N-ethyl adjacent to an activating group) is 1. The number of allylic oxidation sites excluding steroid dienone is 1. The second-order valence-corrected chi connectivity index (χ2v) is 7.68. The van der Waals surface area contributed by atoms with E-state index in [0.29, 0.717) is 26.8 Å². The average Bonchev–Trinajstić information content (AvgIpc) is 3.11. The van der Waals surface area contributed by atoms with Gasteiger partial charge in [0.2, 0.25) is 5.13 Å². The highest BCUT2D eigenvalue weighted by molar-refractivity contribution is 8.18. The first-order valence-corrected chi connectivity index (χ1v) is 9.36. The Labute approximate surface area is 153 Å². The van der Waals surface area contributed by atoms with Gasteiger partial charge >= 0.3 is 0 Å². The zero-order chi connectivity index (χ0) is 17.3. The van der Waals surface area contributed by atoms with E-state index in [2.05, 4.69) is 15.2 Å². The summed E-state index contributed by atoms with van der Waals surface area (Å²) in [6.45, 7) is 6.30. The number of nitrogens with zero attached hydrogens (tertiary/aromatic N) is 4. The van der Waals surface area contributed by atoms with Gasteiger partial charge in [-0.25, -0.2) is 0 Å².